The zero-order valence-electron chi connectivity index (χ0n) is 14.1. The van der Waals surface area contributed by atoms with Crippen LogP contribution in [0.4, 0.5) is 5.69 Å². The fourth-order valence-corrected chi connectivity index (χ4v) is 2.68. The number of nitrogens with zero attached hydrogens (tertiary/aromatic N) is 1. The first-order chi connectivity index (χ1) is 11.8. The highest BCUT2D eigenvalue weighted by atomic mass is 35.5. The van der Waals surface area contributed by atoms with Crippen LogP contribution in [0.15, 0.2) is 18.2 Å². The molecule has 138 valence electrons. The van der Waals surface area contributed by atoms with Crippen molar-refractivity contribution in [2.75, 3.05) is 18.4 Å². The predicted octanol–water partition coefficient (Wildman–Crippen LogP) is 3.82. The molecule has 0 bridgehead atoms. The summed E-state index contributed by atoms with van der Waals surface area (Å²) in [6.45, 7) is 2.29. The highest BCUT2D eigenvalue weighted by Gasteiger charge is 2.17. The van der Waals surface area contributed by atoms with E-state index in [1.807, 2.05) is 6.92 Å². The number of carboxylic acids is 1. The summed E-state index contributed by atoms with van der Waals surface area (Å²) < 4.78 is 0. The lowest BCUT2D eigenvalue weighted by molar-refractivity contribution is -0.137. The maximum absolute atomic E-state index is 12.2. The molecule has 0 saturated heterocycles. The summed E-state index contributed by atoms with van der Waals surface area (Å²) in [4.78, 5) is 36.4. The van der Waals surface area contributed by atoms with E-state index in [9.17, 15) is 14.4 Å². The number of hydrogen-bond donors (Lipinski definition) is 2. The number of nitrogens with one attached hydrogen (secondary N) is 1. The average Bonchev–Trinajstić information content (AvgIpc) is 2.53. The number of unbranched alkanes of at least 4 members (excludes halogenated alkanes) is 1. The van der Waals surface area contributed by atoms with Crippen LogP contribution in [-0.2, 0) is 14.4 Å². The largest absolute Gasteiger partial charge is 0.481 e. The average molecular weight is 389 g/mol. The summed E-state index contributed by atoms with van der Waals surface area (Å²) in [7, 11) is 0. The Bertz CT molecular complexity index is 623. The van der Waals surface area contributed by atoms with E-state index in [2.05, 4.69) is 5.32 Å². The van der Waals surface area contributed by atoms with Crippen LogP contribution in [0.5, 0.6) is 0 Å². The van der Waals surface area contributed by atoms with Crippen LogP contribution < -0.4 is 5.32 Å². The van der Waals surface area contributed by atoms with Gasteiger partial charge in [-0.05, 0) is 37.5 Å². The Hall–Kier alpha value is -1.79. The zero-order valence-corrected chi connectivity index (χ0v) is 15.6. The molecule has 0 fully saturated rings. The highest BCUT2D eigenvalue weighted by molar-refractivity contribution is 6.36. The van der Waals surface area contributed by atoms with Gasteiger partial charge in [0.25, 0.3) is 0 Å². The van der Waals surface area contributed by atoms with Gasteiger partial charge in [0, 0.05) is 24.4 Å². The topological polar surface area (TPSA) is 86.7 Å². The highest BCUT2D eigenvalue weighted by Crippen LogP contribution is 2.25. The molecule has 0 saturated carbocycles. The number of carbonyl (C=O) groups is 3. The minimum absolute atomic E-state index is 0.0383. The van der Waals surface area contributed by atoms with Crippen LogP contribution in [0, 0.1) is 0 Å². The molecule has 0 spiro atoms. The fraction of sp³-hybridized carbons (Fsp3) is 0.471. The minimum Gasteiger partial charge on any atom is -0.481 e. The second-order valence-corrected chi connectivity index (χ2v) is 6.43. The molecule has 1 rings (SSSR count). The van der Waals surface area contributed by atoms with Gasteiger partial charge < -0.3 is 15.3 Å². The molecular formula is C17H22Cl2N2O4. The van der Waals surface area contributed by atoms with Crippen LogP contribution in [-0.4, -0.2) is 40.9 Å². The number of anilines is 1. The maximum Gasteiger partial charge on any atom is 0.303 e. The first kappa shape index (κ1) is 21.3. The Morgan fingerprint density at radius 1 is 1.16 bits per heavy atom. The molecule has 0 aromatic heterocycles. The van der Waals surface area contributed by atoms with Gasteiger partial charge in [-0.1, -0.05) is 30.1 Å². The van der Waals surface area contributed by atoms with E-state index in [1.165, 1.54) is 11.0 Å². The summed E-state index contributed by atoms with van der Waals surface area (Å²) in [5.41, 5.74) is 0.432. The molecule has 0 aliphatic rings. The summed E-state index contributed by atoms with van der Waals surface area (Å²) >= 11 is 11.8. The van der Waals surface area contributed by atoms with Gasteiger partial charge >= 0.3 is 5.97 Å². The van der Waals surface area contributed by atoms with Crippen LogP contribution in [0.25, 0.3) is 0 Å². The normalized spacial score (nSPS) is 10.4. The molecule has 0 radical (unpaired) electrons. The van der Waals surface area contributed by atoms with E-state index in [1.54, 1.807) is 12.1 Å². The van der Waals surface area contributed by atoms with E-state index in [4.69, 9.17) is 28.3 Å². The number of carbonyl (C=O) groups excluding carboxylic acids is 2. The number of halogens is 2. The number of amides is 2. The quantitative estimate of drug-likeness (QED) is 0.596. The third-order valence-corrected chi connectivity index (χ3v) is 3.97. The van der Waals surface area contributed by atoms with Crippen LogP contribution in [0.1, 0.15) is 39.0 Å². The van der Waals surface area contributed by atoms with Gasteiger partial charge in [0.05, 0.1) is 17.3 Å². The molecular weight excluding hydrogens is 367 g/mol. The molecule has 6 nitrogen and oxygen atoms in total. The van der Waals surface area contributed by atoms with Crippen LogP contribution in [0.2, 0.25) is 10.0 Å². The van der Waals surface area contributed by atoms with Crippen molar-refractivity contribution in [2.24, 2.45) is 0 Å². The van der Waals surface area contributed by atoms with E-state index in [-0.39, 0.29) is 31.2 Å². The lowest BCUT2D eigenvalue weighted by Crippen LogP contribution is -2.38. The molecule has 0 atom stereocenters. The first-order valence-electron chi connectivity index (χ1n) is 8.08. The van der Waals surface area contributed by atoms with Gasteiger partial charge in [0.1, 0.15) is 0 Å². The predicted molar refractivity (Wildman–Crippen MR) is 98.1 cm³/mol. The van der Waals surface area contributed by atoms with Crippen molar-refractivity contribution in [2.45, 2.75) is 39.0 Å². The van der Waals surface area contributed by atoms with Crippen molar-refractivity contribution in [3.05, 3.63) is 28.2 Å². The van der Waals surface area contributed by atoms with Gasteiger partial charge in [-0.25, -0.2) is 0 Å². The Balaban J connectivity index is 2.56. The summed E-state index contributed by atoms with van der Waals surface area (Å²) in [6.07, 6.45) is 1.90. The SMILES string of the molecule is CCCN(CC(=O)Nc1ccc(Cl)cc1Cl)C(=O)CCCCC(=O)O. The molecule has 0 aliphatic heterocycles. The summed E-state index contributed by atoms with van der Waals surface area (Å²) in [6, 6.07) is 4.73. The number of hydrogen-bond acceptors (Lipinski definition) is 3. The first-order valence-corrected chi connectivity index (χ1v) is 8.83. The van der Waals surface area contributed by atoms with Gasteiger partial charge in [-0.15, -0.1) is 0 Å². The zero-order chi connectivity index (χ0) is 18.8. The van der Waals surface area contributed by atoms with Crippen LogP contribution in [0.3, 0.4) is 0 Å². The lowest BCUT2D eigenvalue weighted by Gasteiger charge is -2.22. The molecule has 1 aromatic carbocycles. The van der Waals surface area contributed by atoms with Gasteiger partial charge in [0.2, 0.25) is 11.8 Å². The molecule has 1 aromatic rings. The van der Waals surface area contributed by atoms with Crippen molar-refractivity contribution >= 4 is 46.7 Å². The van der Waals surface area contributed by atoms with E-state index in [0.29, 0.717) is 35.1 Å². The minimum atomic E-state index is -0.878. The number of rotatable bonds is 10. The van der Waals surface area contributed by atoms with Crippen molar-refractivity contribution in [3.8, 4) is 0 Å². The second-order valence-electron chi connectivity index (χ2n) is 5.59. The monoisotopic (exact) mass is 388 g/mol. The Morgan fingerprint density at radius 2 is 1.84 bits per heavy atom. The Morgan fingerprint density at radius 3 is 2.44 bits per heavy atom. The molecule has 2 N–H and O–H groups in total. The van der Waals surface area contributed by atoms with Crippen molar-refractivity contribution in [1.82, 2.24) is 4.90 Å². The third-order valence-electron chi connectivity index (χ3n) is 3.42. The smallest absolute Gasteiger partial charge is 0.303 e. The van der Waals surface area contributed by atoms with E-state index in [0.717, 1.165) is 6.42 Å². The second kappa shape index (κ2) is 10.9. The Labute approximate surface area is 157 Å². The Kier molecular flexibility index (Phi) is 9.31. The van der Waals surface area contributed by atoms with E-state index < -0.39 is 5.97 Å². The van der Waals surface area contributed by atoms with Gasteiger partial charge in [-0.2, -0.15) is 0 Å². The molecule has 0 heterocycles. The number of aliphatic carboxylic acids is 1. The standard InChI is InChI=1S/C17H22Cl2N2O4/c1-2-9-21(16(23)5-3-4-6-17(24)25)11-15(22)20-14-8-7-12(18)10-13(14)19/h7-8,10H,2-6,9,11H2,1H3,(H,20,22)(H,24,25). The molecule has 8 heteroatoms. The fourth-order valence-electron chi connectivity index (χ4n) is 2.23. The third kappa shape index (κ3) is 8.23. The van der Waals surface area contributed by atoms with Crippen LogP contribution >= 0.6 is 23.2 Å². The van der Waals surface area contributed by atoms with Crippen molar-refractivity contribution in [1.29, 1.82) is 0 Å². The van der Waals surface area contributed by atoms with Gasteiger partial charge in [0.15, 0.2) is 0 Å². The van der Waals surface area contributed by atoms with Gasteiger partial charge in [-0.3, -0.25) is 14.4 Å². The lowest BCUT2D eigenvalue weighted by atomic mass is 10.1. The van der Waals surface area contributed by atoms with E-state index >= 15 is 0 Å². The summed E-state index contributed by atoms with van der Waals surface area (Å²) in [5.74, 6) is -1.39. The molecule has 25 heavy (non-hydrogen) atoms. The molecule has 2 amide bonds. The van der Waals surface area contributed by atoms with Crippen molar-refractivity contribution in [3.63, 3.8) is 0 Å². The molecule has 0 unspecified atom stereocenters. The number of benzene rings is 1. The maximum atomic E-state index is 12.2. The summed E-state index contributed by atoms with van der Waals surface area (Å²) in [5, 5.41) is 12.1. The number of carboxylic acid groups (broad SMARTS) is 1. The van der Waals surface area contributed by atoms with Crippen molar-refractivity contribution < 1.29 is 19.5 Å². The molecule has 0 aliphatic carbocycles.